The lowest BCUT2D eigenvalue weighted by Gasteiger charge is -2.09. The first-order valence-electron chi connectivity index (χ1n) is 7.45. The summed E-state index contributed by atoms with van der Waals surface area (Å²) < 4.78 is 7.94. The molecule has 0 aliphatic heterocycles. The fraction of sp³-hybridized carbons (Fsp3) is 0.562. The Hall–Kier alpha value is -1.55. The Bertz CT molecular complexity index is 534. The van der Waals surface area contributed by atoms with Crippen molar-refractivity contribution in [2.24, 2.45) is 0 Å². The third kappa shape index (κ3) is 3.73. The number of rotatable bonds is 8. The van der Waals surface area contributed by atoms with Gasteiger partial charge < -0.3 is 9.64 Å². The lowest BCUT2D eigenvalue weighted by atomic mass is 10.2. The number of hydrogen-bond donors (Lipinski definition) is 0. The van der Waals surface area contributed by atoms with Gasteiger partial charge in [0.15, 0.2) is 0 Å². The lowest BCUT2D eigenvalue weighted by Crippen LogP contribution is -2.15. The van der Waals surface area contributed by atoms with Gasteiger partial charge in [-0.15, -0.1) is 5.10 Å². The molecule has 1 aromatic carbocycles. The van der Waals surface area contributed by atoms with E-state index < -0.39 is 0 Å². The summed E-state index contributed by atoms with van der Waals surface area (Å²) in [4.78, 5) is 2.17. The average molecular weight is 275 g/mol. The minimum Gasteiger partial charge on any atom is -0.476 e. The predicted octanol–water partition coefficient (Wildman–Crippen LogP) is 3.17. The number of para-hydroxylation sites is 1. The van der Waals surface area contributed by atoms with Crippen LogP contribution in [-0.4, -0.2) is 41.9 Å². The maximum Gasteiger partial charge on any atom is 0.240 e. The first-order valence-corrected chi connectivity index (χ1v) is 7.45. The van der Waals surface area contributed by atoms with Crippen LogP contribution in [0.25, 0.3) is 10.9 Å². The number of aryl methyl sites for hydroxylation is 1. The maximum atomic E-state index is 5.87. The highest BCUT2D eigenvalue weighted by molar-refractivity contribution is 5.84. The predicted molar refractivity (Wildman–Crippen MR) is 83.3 cm³/mol. The van der Waals surface area contributed by atoms with Crippen LogP contribution in [0, 0.1) is 0 Å². The van der Waals surface area contributed by atoms with Gasteiger partial charge in [-0.1, -0.05) is 25.5 Å². The summed E-state index contributed by atoms with van der Waals surface area (Å²) in [6.45, 7) is 4.91. The highest BCUT2D eigenvalue weighted by Gasteiger charge is 2.10. The van der Waals surface area contributed by atoms with Crippen molar-refractivity contribution in [3.05, 3.63) is 24.3 Å². The summed E-state index contributed by atoms with van der Waals surface area (Å²) in [5.41, 5.74) is 1.17. The van der Waals surface area contributed by atoms with E-state index in [-0.39, 0.29) is 0 Å². The fourth-order valence-corrected chi connectivity index (χ4v) is 2.23. The highest BCUT2D eigenvalue weighted by Crippen LogP contribution is 2.25. The van der Waals surface area contributed by atoms with E-state index in [4.69, 9.17) is 4.74 Å². The molecule has 0 atom stereocenters. The van der Waals surface area contributed by atoms with E-state index in [1.807, 2.05) is 6.07 Å². The zero-order valence-corrected chi connectivity index (χ0v) is 12.8. The normalized spacial score (nSPS) is 11.4. The summed E-state index contributed by atoms with van der Waals surface area (Å²) >= 11 is 0. The molecule has 0 unspecified atom stereocenters. The molecule has 110 valence electrons. The van der Waals surface area contributed by atoms with Gasteiger partial charge >= 0.3 is 0 Å². The number of benzene rings is 1. The summed E-state index contributed by atoms with van der Waals surface area (Å²) in [5, 5.41) is 5.74. The van der Waals surface area contributed by atoms with E-state index >= 15 is 0 Å². The van der Waals surface area contributed by atoms with Crippen molar-refractivity contribution in [2.45, 2.75) is 32.7 Å². The fourth-order valence-electron chi connectivity index (χ4n) is 2.23. The SMILES string of the molecule is CCCCn1nc(OCCCN(C)C)c2ccccc21. The van der Waals surface area contributed by atoms with Crippen LogP contribution in [0.2, 0.25) is 0 Å². The number of fused-ring (bicyclic) bond motifs is 1. The summed E-state index contributed by atoms with van der Waals surface area (Å²) in [6.07, 6.45) is 3.34. The van der Waals surface area contributed by atoms with E-state index in [0.29, 0.717) is 6.61 Å². The molecule has 0 saturated carbocycles. The molecule has 0 saturated heterocycles. The average Bonchev–Trinajstić information content (AvgIpc) is 2.80. The van der Waals surface area contributed by atoms with Crippen molar-refractivity contribution in [2.75, 3.05) is 27.2 Å². The second kappa shape index (κ2) is 7.29. The largest absolute Gasteiger partial charge is 0.476 e. The van der Waals surface area contributed by atoms with E-state index in [9.17, 15) is 0 Å². The standard InChI is InChI=1S/C16H25N3O/c1-4-5-12-19-15-10-7-6-9-14(15)16(17-19)20-13-8-11-18(2)3/h6-7,9-10H,4-5,8,11-13H2,1-3H3. The van der Waals surface area contributed by atoms with Crippen molar-refractivity contribution in [3.8, 4) is 5.88 Å². The van der Waals surface area contributed by atoms with Crippen LogP contribution in [0.4, 0.5) is 0 Å². The Kier molecular flexibility index (Phi) is 5.41. The van der Waals surface area contributed by atoms with Gasteiger partial charge in [0, 0.05) is 13.1 Å². The van der Waals surface area contributed by atoms with Crippen LogP contribution in [0.15, 0.2) is 24.3 Å². The van der Waals surface area contributed by atoms with Crippen molar-refractivity contribution >= 4 is 10.9 Å². The Morgan fingerprint density at radius 1 is 1.20 bits per heavy atom. The molecule has 0 fully saturated rings. The van der Waals surface area contributed by atoms with Gasteiger partial charge in [0.1, 0.15) is 0 Å². The highest BCUT2D eigenvalue weighted by atomic mass is 16.5. The molecule has 0 amide bonds. The van der Waals surface area contributed by atoms with Gasteiger partial charge in [0.2, 0.25) is 5.88 Å². The van der Waals surface area contributed by atoms with Gasteiger partial charge in [0.25, 0.3) is 0 Å². The monoisotopic (exact) mass is 275 g/mol. The van der Waals surface area contributed by atoms with E-state index in [1.165, 1.54) is 11.9 Å². The minimum atomic E-state index is 0.715. The van der Waals surface area contributed by atoms with Crippen molar-refractivity contribution in [1.82, 2.24) is 14.7 Å². The molecule has 1 heterocycles. The number of aromatic nitrogens is 2. The van der Waals surface area contributed by atoms with Crippen molar-refractivity contribution < 1.29 is 4.74 Å². The molecule has 4 nitrogen and oxygen atoms in total. The molecule has 0 radical (unpaired) electrons. The van der Waals surface area contributed by atoms with E-state index in [0.717, 1.165) is 37.2 Å². The van der Waals surface area contributed by atoms with Gasteiger partial charge in [0.05, 0.1) is 17.5 Å². The van der Waals surface area contributed by atoms with Crippen LogP contribution in [0.1, 0.15) is 26.2 Å². The topological polar surface area (TPSA) is 30.3 Å². The second-order valence-corrected chi connectivity index (χ2v) is 5.40. The lowest BCUT2D eigenvalue weighted by molar-refractivity contribution is 0.272. The smallest absolute Gasteiger partial charge is 0.240 e. The first kappa shape index (κ1) is 14.9. The molecular formula is C16H25N3O. The van der Waals surface area contributed by atoms with Crippen LogP contribution in [0.3, 0.4) is 0 Å². The molecule has 0 spiro atoms. The number of nitrogens with zero attached hydrogens (tertiary/aromatic N) is 3. The molecule has 2 aromatic rings. The summed E-state index contributed by atoms with van der Waals surface area (Å²) in [5.74, 6) is 0.774. The Morgan fingerprint density at radius 2 is 2.00 bits per heavy atom. The second-order valence-electron chi connectivity index (χ2n) is 5.40. The maximum absolute atomic E-state index is 5.87. The van der Waals surface area contributed by atoms with Crippen LogP contribution in [-0.2, 0) is 6.54 Å². The third-order valence-electron chi connectivity index (χ3n) is 3.34. The molecule has 0 aliphatic carbocycles. The van der Waals surface area contributed by atoms with Gasteiger partial charge in [-0.2, -0.15) is 0 Å². The third-order valence-corrected chi connectivity index (χ3v) is 3.34. The summed E-state index contributed by atoms with van der Waals surface area (Å²) in [7, 11) is 4.16. The molecule has 20 heavy (non-hydrogen) atoms. The Labute approximate surface area is 121 Å². The quantitative estimate of drug-likeness (QED) is 0.693. The minimum absolute atomic E-state index is 0.715. The van der Waals surface area contributed by atoms with E-state index in [1.54, 1.807) is 0 Å². The van der Waals surface area contributed by atoms with Gasteiger partial charge in [-0.3, -0.25) is 4.68 Å². The Balaban J connectivity index is 2.08. The molecule has 0 bridgehead atoms. The van der Waals surface area contributed by atoms with Crippen LogP contribution >= 0.6 is 0 Å². The molecule has 0 aliphatic rings. The first-order chi connectivity index (χ1) is 9.72. The van der Waals surface area contributed by atoms with Crippen molar-refractivity contribution in [1.29, 1.82) is 0 Å². The molecule has 0 N–H and O–H groups in total. The van der Waals surface area contributed by atoms with Gasteiger partial charge in [-0.25, -0.2) is 0 Å². The number of unbranched alkanes of at least 4 members (excludes halogenated alkanes) is 1. The van der Waals surface area contributed by atoms with Crippen molar-refractivity contribution in [3.63, 3.8) is 0 Å². The van der Waals surface area contributed by atoms with Crippen LogP contribution in [0.5, 0.6) is 5.88 Å². The molecule has 1 aromatic heterocycles. The zero-order valence-electron chi connectivity index (χ0n) is 12.8. The molecule has 4 heteroatoms. The molecule has 2 rings (SSSR count). The molecular weight excluding hydrogens is 250 g/mol. The van der Waals surface area contributed by atoms with Gasteiger partial charge in [-0.05, 0) is 39.1 Å². The summed E-state index contributed by atoms with van der Waals surface area (Å²) in [6, 6.07) is 8.31. The number of ether oxygens (including phenoxy) is 1. The number of hydrogen-bond acceptors (Lipinski definition) is 3. The van der Waals surface area contributed by atoms with Crippen LogP contribution < -0.4 is 4.74 Å². The Morgan fingerprint density at radius 3 is 2.75 bits per heavy atom. The van der Waals surface area contributed by atoms with E-state index in [2.05, 4.69) is 53.9 Å². The zero-order chi connectivity index (χ0) is 14.4.